The number of fused-ring (bicyclic) bond motifs is 3. The Bertz CT molecular complexity index is 1380. The van der Waals surface area contributed by atoms with Crippen molar-refractivity contribution >= 4 is 16.5 Å². The van der Waals surface area contributed by atoms with Gasteiger partial charge in [-0.3, -0.25) is 0 Å². The first-order valence-electron chi connectivity index (χ1n) is 11.1. The molecule has 2 nitrogen and oxygen atoms in total. The van der Waals surface area contributed by atoms with Crippen molar-refractivity contribution in [2.24, 2.45) is 0 Å². The zero-order valence-electron chi connectivity index (χ0n) is 18.3. The van der Waals surface area contributed by atoms with Crippen LogP contribution in [0.5, 0.6) is 0 Å². The Balaban J connectivity index is 1.75. The number of allylic oxidation sites excluding steroid dienone is 1. The molecule has 0 spiro atoms. The summed E-state index contributed by atoms with van der Waals surface area (Å²) in [5, 5.41) is 10.8. The van der Waals surface area contributed by atoms with Crippen LogP contribution in [0.3, 0.4) is 0 Å². The van der Waals surface area contributed by atoms with Gasteiger partial charge in [-0.05, 0) is 77.3 Å². The molecule has 0 saturated heterocycles. The molecule has 31 heavy (non-hydrogen) atoms. The molecule has 5 rings (SSSR count). The quantitative estimate of drug-likeness (QED) is 0.328. The zero-order valence-corrected chi connectivity index (χ0v) is 18.3. The lowest BCUT2D eigenvalue weighted by atomic mass is 9.92. The van der Waals surface area contributed by atoms with E-state index >= 15 is 0 Å². The molecule has 0 amide bonds. The predicted octanol–water partition coefficient (Wildman–Crippen LogP) is 7.12. The van der Waals surface area contributed by atoms with Crippen molar-refractivity contribution in [3.63, 3.8) is 0 Å². The summed E-state index contributed by atoms with van der Waals surface area (Å²) in [6.07, 6.45) is 3.66. The smallest absolute Gasteiger partial charge is 0.0918 e. The van der Waals surface area contributed by atoms with Crippen LogP contribution >= 0.6 is 0 Å². The summed E-state index contributed by atoms with van der Waals surface area (Å²) in [4.78, 5) is 0. The van der Waals surface area contributed by atoms with Crippen LogP contribution in [-0.2, 0) is 12.8 Å². The number of nitrogens with zero attached hydrogens (tertiary/aromatic N) is 2. The molecule has 1 aromatic heterocycles. The van der Waals surface area contributed by atoms with Crippen LogP contribution in [0.2, 0.25) is 0 Å². The van der Waals surface area contributed by atoms with Crippen LogP contribution in [0, 0.1) is 18.3 Å². The van der Waals surface area contributed by atoms with E-state index in [0.29, 0.717) is 5.92 Å². The molecule has 1 heterocycles. The van der Waals surface area contributed by atoms with Crippen molar-refractivity contribution in [2.45, 2.75) is 39.5 Å². The van der Waals surface area contributed by atoms with Crippen LogP contribution in [0.15, 0.2) is 72.8 Å². The fraction of sp³-hybridized carbons (Fsp3) is 0.207. The third-order valence-electron chi connectivity index (χ3n) is 6.74. The monoisotopic (exact) mass is 402 g/mol. The highest BCUT2D eigenvalue weighted by Gasteiger charge is 2.23. The van der Waals surface area contributed by atoms with Crippen molar-refractivity contribution < 1.29 is 0 Å². The van der Waals surface area contributed by atoms with Crippen molar-refractivity contribution in [2.75, 3.05) is 0 Å². The van der Waals surface area contributed by atoms with Crippen molar-refractivity contribution in [1.82, 2.24) is 4.57 Å². The molecule has 0 N–H and O–H groups in total. The van der Waals surface area contributed by atoms with E-state index in [1.807, 2.05) is 0 Å². The summed E-state index contributed by atoms with van der Waals surface area (Å²) >= 11 is 0. The van der Waals surface area contributed by atoms with Gasteiger partial charge in [0.2, 0.25) is 0 Å². The number of aromatic nitrogens is 1. The molecule has 0 fully saturated rings. The first-order chi connectivity index (χ1) is 15.1. The largest absolute Gasteiger partial charge is 0.313 e. The van der Waals surface area contributed by atoms with Crippen LogP contribution in [-0.4, -0.2) is 4.57 Å². The van der Waals surface area contributed by atoms with Gasteiger partial charge in [0.05, 0.1) is 11.6 Å². The molecule has 152 valence electrons. The summed E-state index contributed by atoms with van der Waals surface area (Å²) in [6.45, 7) is 6.75. The number of benzene rings is 3. The molecule has 4 aromatic rings. The number of rotatable bonds is 2. The van der Waals surface area contributed by atoms with Gasteiger partial charge in [0.15, 0.2) is 0 Å². The minimum atomic E-state index is 0.392. The Hall–Kier alpha value is -3.57. The lowest BCUT2D eigenvalue weighted by Crippen LogP contribution is -2.03. The van der Waals surface area contributed by atoms with Gasteiger partial charge < -0.3 is 4.57 Å². The Kier molecular flexibility index (Phi) is 4.75. The van der Waals surface area contributed by atoms with E-state index in [1.54, 1.807) is 6.08 Å². The second-order valence-corrected chi connectivity index (χ2v) is 8.50. The van der Waals surface area contributed by atoms with Crippen molar-refractivity contribution in [1.29, 1.82) is 5.26 Å². The standard InChI is InChI=1S/C29H26N2/c1-4-28-20(3)24-10-7-8-12-29(24)31(28)22-13-14-25-21(18-22)17-19(2)23-9-5-6-11-26(23)27(25)15-16-30/h5-15,18-19H,4,17H2,1-3H3/b27-15+. The molecule has 3 aromatic carbocycles. The van der Waals surface area contributed by atoms with Crippen LogP contribution in [0.25, 0.3) is 22.2 Å². The lowest BCUT2D eigenvalue weighted by molar-refractivity contribution is 0.761. The van der Waals surface area contributed by atoms with E-state index in [9.17, 15) is 5.26 Å². The number of para-hydroxylation sites is 1. The van der Waals surface area contributed by atoms with E-state index in [0.717, 1.165) is 18.4 Å². The topological polar surface area (TPSA) is 28.7 Å². The molecule has 0 bridgehead atoms. The van der Waals surface area contributed by atoms with E-state index < -0.39 is 0 Å². The molecule has 1 aliphatic rings. The summed E-state index contributed by atoms with van der Waals surface area (Å²) in [5.74, 6) is 0.392. The number of aryl methyl sites for hydroxylation is 1. The van der Waals surface area contributed by atoms with Gasteiger partial charge in [-0.2, -0.15) is 5.26 Å². The minimum absolute atomic E-state index is 0.392. The van der Waals surface area contributed by atoms with Crippen molar-refractivity contribution in [3.05, 3.63) is 106 Å². The van der Waals surface area contributed by atoms with E-state index in [4.69, 9.17) is 0 Å². The molecule has 0 radical (unpaired) electrons. The third kappa shape index (κ3) is 3.01. The Morgan fingerprint density at radius 2 is 1.81 bits per heavy atom. The first-order valence-corrected chi connectivity index (χ1v) is 11.1. The lowest BCUT2D eigenvalue weighted by Gasteiger charge is -2.16. The minimum Gasteiger partial charge on any atom is -0.313 e. The Morgan fingerprint density at radius 3 is 2.61 bits per heavy atom. The van der Waals surface area contributed by atoms with Gasteiger partial charge in [0, 0.05) is 22.8 Å². The first kappa shape index (κ1) is 19.4. The average Bonchev–Trinajstić information content (AvgIpc) is 3.03. The molecule has 2 heteroatoms. The van der Waals surface area contributed by atoms with Gasteiger partial charge in [0.1, 0.15) is 0 Å². The van der Waals surface area contributed by atoms with Gasteiger partial charge in [-0.25, -0.2) is 0 Å². The maximum atomic E-state index is 9.52. The summed E-state index contributed by atoms with van der Waals surface area (Å²) in [5.41, 5.74) is 11.2. The second kappa shape index (κ2) is 7.60. The molecule has 0 aliphatic heterocycles. The molecular formula is C29H26N2. The highest BCUT2D eigenvalue weighted by molar-refractivity contribution is 5.88. The highest BCUT2D eigenvalue weighted by Crippen LogP contribution is 2.40. The number of hydrogen-bond acceptors (Lipinski definition) is 1. The number of hydrogen-bond donors (Lipinski definition) is 0. The molecular weight excluding hydrogens is 376 g/mol. The third-order valence-corrected chi connectivity index (χ3v) is 6.74. The normalized spacial score (nSPS) is 16.6. The number of nitriles is 1. The summed E-state index contributed by atoms with van der Waals surface area (Å²) in [7, 11) is 0. The Morgan fingerprint density at radius 1 is 1.03 bits per heavy atom. The average molecular weight is 403 g/mol. The fourth-order valence-electron chi connectivity index (χ4n) is 5.30. The predicted molar refractivity (Wildman–Crippen MR) is 129 cm³/mol. The van der Waals surface area contributed by atoms with Crippen LogP contribution < -0.4 is 0 Å². The SMILES string of the molecule is CCc1c(C)c2ccccc2n1-c1ccc2c(c1)CC(C)c1ccccc1/C2=C/C#N. The van der Waals surface area contributed by atoms with Gasteiger partial charge in [-0.15, -0.1) is 0 Å². The molecule has 1 unspecified atom stereocenters. The highest BCUT2D eigenvalue weighted by atomic mass is 15.0. The van der Waals surface area contributed by atoms with E-state index in [1.165, 1.54) is 50.1 Å². The fourth-order valence-corrected chi connectivity index (χ4v) is 5.30. The molecule has 0 saturated carbocycles. The van der Waals surface area contributed by atoms with Crippen LogP contribution in [0.4, 0.5) is 0 Å². The maximum absolute atomic E-state index is 9.52. The Labute approximate surface area is 184 Å². The zero-order chi connectivity index (χ0) is 21.5. The van der Waals surface area contributed by atoms with Crippen molar-refractivity contribution in [3.8, 4) is 11.8 Å². The van der Waals surface area contributed by atoms with Gasteiger partial charge in [0.25, 0.3) is 0 Å². The molecule has 1 aliphatic carbocycles. The maximum Gasteiger partial charge on any atom is 0.0918 e. The van der Waals surface area contributed by atoms with E-state index in [2.05, 4.69) is 98.1 Å². The van der Waals surface area contributed by atoms with Gasteiger partial charge >= 0.3 is 0 Å². The van der Waals surface area contributed by atoms with Crippen LogP contribution in [0.1, 0.15) is 53.3 Å². The summed E-state index contributed by atoms with van der Waals surface area (Å²) in [6, 6.07) is 26.3. The van der Waals surface area contributed by atoms with E-state index in [-0.39, 0.29) is 0 Å². The second-order valence-electron chi connectivity index (χ2n) is 8.50. The molecule has 1 atom stereocenters. The van der Waals surface area contributed by atoms with Gasteiger partial charge in [-0.1, -0.05) is 62.4 Å². The summed E-state index contributed by atoms with van der Waals surface area (Å²) < 4.78 is 2.42.